The SMILES string of the molecule is Cc1ccc(S(=O)(=O)N(CC(=O)NCCSCc2c(F)cccc2Cl)c2cccc(Cl)c2Cl)cc1. The number of anilines is 1. The van der Waals surface area contributed by atoms with Crippen molar-refractivity contribution in [2.45, 2.75) is 17.6 Å². The summed E-state index contributed by atoms with van der Waals surface area (Å²) in [6.07, 6.45) is 0. The molecule has 35 heavy (non-hydrogen) atoms. The van der Waals surface area contributed by atoms with Crippen molar-refractivity contribution >= 4 is 68.2 Å². The van der Waals surface area contributed by atoms with E-state index in [2.05, 4.69) is 5.32 Å². The molecule has 0 aliphatic heterocycles. The quantitative estimate of drug-likeness (QED) is 0.287. The van der Waals surface area contributed by atoms with E-state index >= 15 is 0 Å². The normalized spacial score (nSPS) is 11.3. The van der Waals surface area contributed by atoms with E-state index in [-0.39, 0.29) is 33.0 Å². The molecule has 1 N–H and O–H groups in total. The number of amides is 1. The van der Waals surface area contributed by atoms with Gasteiger partial charge in [-0.3, -0.25) is 9.10 Å². The van der Waals surface area contributed by atoms with Gasteiger partial charge in [-0.25, -0.2) is 12.8 Å². The highest BCUT2D eigenvalue weighted by Crippen LogP contribution is 2.35. The van der Waals surface area contributed by atoms with Gasteiger partial charge in [0, 0.05) is 28.6 Å². The van der Waals surface area contributed by atoms with E-state index in [1.54, 1.807) is 24.3 Å². The molecule has 11 heteroatoms. The van der Waals surface area contributed by atoms with Crippen LogP contribution in [-0.4, -0.2) is 33.2 Å². The van der Waals surface area contributed by atoms with Crippen molar-refractivity contribution in [3.05, 3.63) is 92.7 Å². The third kappa shape index (κ3) is 7.05. The van der Waals surface area contributed by atoms with Crippen molar-refractivity contribution in [3.8, 4) is 0 Å². The highest BCUT2D eigenvalue weighted by atomic mass is 35.5. The van der Waals surface area contributed by atoms with E-state index in [1.165, 1.54) is 48.2 Å². The predicted octanol–water partition coefficient (Wildman–Crippen LogP) is 6.34. The van der Waals surface area contributed by atoms with Crippen molar-refractivity contribution in [3.63, 3.8) is 0 Å². The maximum absolute atomic E-state index is 13.9. The molecule has 0 bridgehead atoms. The summed E-state index contributed by atoms with van der Waals surface area (Å²) < 4.78 is 41.7. The third-order valence-electron chi connectivity index (χ3n) is 4.97. The van der Waals surface area contributed by atoms with E-state index in [9.17, 15) is 17.6 Å². The second-order valence-corrected chi connectivity index (χ2v) is 11.7. The van der Waals surface area contributed by atoms with Gasteiger partial charge in [-0.05, 0) is 43.3 Å². The van der Waals surface area contributed by atoms with E-state index < -0.39 is 22.5 Å². The highest BCUT2D eigenvalue weighted by Gasteiger charge is 2.29. The zero-order valence-electron chi connectivity index (χ0n) is 18.6. The summed E-state index contributed by atoms with van der Waals surface area (Å²) in [4.78, 5) is 12.7. The Balaban J connectivity index is 1.70. The van der Waals surface area contributed by atoms with E-state index in [0.29, 0.717) is 22.1 Å². The molecule has 0 unspecified atom stereocenters. The highest BCUT2D eigenvalue weighted by molar-refractivity contribution is 7.98. The number of rotatable bonds is 10. The number of hydrogen-bond acceptors (Lipinski definition) is 4. The number of benzene rings is 3. The molecule has 0 heterocycles. The number of thioether (sulfide) groups is 1. The Morgan fingerprint density at radius 3 is 2.34 bits per heavy atom. The first-order valence-electron chi connectivity index (χ1n) is 10.4. The Morgan fingerprint density at radius 1 is 1.00 bits per heavy atom. The second-order valence-electron chi connectivity index (χ2n) is 7.50. The van der Waals surface area contributed by atoms with Gasteiger partial charge in [0.1, 0.15) is 12.4 Å². The van der Waals surface area contributed by atoms with Crippen LogP contribution < -0.4 is 9.62 Å². The van der Waals surface area contributed by atoms with Crippen LogP contribution in [0.1, 0.15) is 11.1 Å². The van der Waals surface area contributed by atoms with Gasteiger partial charge in [-0.15, -0.1) is 0 Å². The fourth-order valence-electron chi connectivity index (χ4n) is 3.12. The van der Waals surface area contributed by atoms with Gasteiger partial charge in [-0.1, -0.05) is 64.6 Å². The van der Waals surface area contributed by atoms with Crippen molar-refractivity contribution in [2.75, 3.05) is 23.1 Å². The van der Waals surface area contributed by atoms with Crippen molar-refractivity contribution in [2.24, 2.45) is 0 Å². The number of sulfonamides is 1. The molecule has 3 rings (SSSR count). The molecule has 0 saturated carbocycles. The third-order valence-corrected chi connectivity index (χ3v) is 8.90. The van der Waals surface area contributed by atoms with Crippen LogP contribution >= 0.6 is 46.6 Å². The lowest BCUT2D eigenvalue weighted by Gasteiger charge is -2.25. The molecule has 0 aliphatic carbocycles. The Kier molecular flexibility index (Phi) is 9.72. The van der Waals surface area contributed by atoms with Crippen LogP contribution in [-0.2, 0) is 20.6 Å². The number of halogens is 4. The zero-order chi connectivity index (χ0) is 25.6. The fourth-order valence-corrected chi connectivity index (χ4v) is 6.19. The van der Waals surface area contributed by atoms with Crippen LogP contribution in [0.4, 0.5) is 10.1 Å². The number of hydrogen-bond donors (Lipinski definition) is 1. The molecule has 0 spiro atoms. The van der Waals surface area contributed by atoms with Gasteiger partial charge in [-0.2, -0.15) is 11.8 Å². The summed E-state index contributed by atoms with van der Waals surface area (Å²) in [5, 5.41) is 3.23. The van der Waals surface area contributed by atoms with Crippen LogP contribution in [0.25, 0.3) is 0 Å². The molecule has 186 valence electrons. The summed E-state index contributed by atoms with van der Waals surface area (Å²) in [6.45, 7) is 1.59. The van der Waals surface area contributed by atoms with E-state index in [4.69, 9.17) is 34.8 Å². The van der Waals surface area contributed by atoms with E-state index in [0.717, 1.165) is 9.87 Å². The Bertz CT molecular complexity index is 1290. The number of aryl methyl sites for hydroxylation is 1. The average Bonchev–Trinajstić information content (AvgIpc) is 2.81. The summed E-state index contributed by atoms with van der Waals surface area (Å²) in [5.74, 6) is -0.0995. The van der Waals surface area contributed by atoms with Gasteiger partial charge in [0.2, 0.25) is 5.91 Å². The van der Waals surface area contributed by atoms with Crippen LogP contribution in [0.5, 0.6) is 0 Å². The summed E-state index contributed by atoms with van der Waals surface area (Å²) in [7, 11) is -4.12. The minimum absolute atomic E-state index is 0.0178. The average molecular weight is 576 g/mol. The van der Waals surface area contributed by atoms with E-state index in [1.807, 2.05) is 6.92 Å². The largest absolute Gasteiger partial charge is 0.354 e. The molecule has 0 fully saturated rings. The Morgan fingerprint density at radius 2 is 1.66 bits per heavy atom. The van der Waals surface area contributed by atoms with Crippen molar-refractivity contribution in [1.29, 1.82) is 0 Å². The molecule has 3 aromatic rings. The van der Waals surface area contributed by atoms with Crippen LogP contribution in [0.2, 0.25) is 15.1 Å². The molecule has 3 aromatic carbocycles. The fraction of sp³-hybridized carbons (Fsp3) is 0.208. The first kappa shape index (κ1) is 27.6. The van der Waals surface area contributed by atoms with Crippen molar-refractivity contribution in [1.82, 2.24) is 5.32 Å². The Hall–Kier alpha value is -1.97. The molecular formula is C24H22Cl3FN2O3S2. The zero-order valence-corrected chi connectivity index (χ0v) is 22.5. The lowest BCUT2D eigenvalue weighted by atomic mass is 10.2. The molecule has 0 atom stereocenters. The number of carbonyl (C=O) groups excluding carboxylic acids is 1. The number of nitrogens with one attached hydrogen (secondary N) is 1. The first-order chi connectivity index (χ1) is 16.6. The predicted molar refractivity (Wildman–Crippen MR) is 143 cm³/mol. The summed E-state index contributed by atoms with van der Waals surface area (Å²) in [6, 6.07) is 15.4. The molecule has 0 saturated heterocycles. The van der Waals surface area contributed by atoms with Gasteiger partial charge in [0.05, 0.1) is 20.6 Å². The maximum Gasteiger partial charge on any atom is 0.264 e. The molecule has 0 aromatic heterocycles. The standard InChI is InChI=1S/C24H22Cl3FN2O3S2/c1-16-8-10-17(11-9-16)35(32,33)30(22-7-3-5-20(26)24(22)27)14-23(31)29-12-13-34-15-18-19(25)4-2-6-21(18)28/h2-11H,12-15H2,1H3,(H,29,31). The summed E-state index contributed by atoms with van der Waals surface area (Å²) >= 11 is 19.8. The smallest absolute Gasteiger partial charge is 0.264 e. The lowest BCUT2D eigenvalue weighted by Crippen LogP contribution is -2.41. The molecule has 1 amide bonds. The minimum Gasteiger partial charge on any atom is -0.354 e. The number of carbonyl (C=O) groups is 1. The first-order valence-corrected chi connectivity index (χ1v) is 14.1. The van der Waals surface area contributed by atoms with Gasteiger partial charge >= 0.3 is 0 Å². The van der Waals surface area contributed by atoms with Gasteiger partial charge < -0.3 is 5.32 Å². The van der Waals surface area contributed by atoms with Gasteiger partial charge in [0.25, 0.3) is 10.0 Å². The molecule has 5 nitrogen and oxygen atoms in total. The minimum atomic E-state index is -4.12. The number of nitrogens with zero attached hydrogens (tertiary/aromatic N) is 1. The van der Waals surface area contributed by atoms with Gasteiger partial charge in [0.15, 0.2) is 0 Å². The topological polar surface area (TPSA) is 66.5 Å². The van der Waals surface area contributed by atoms with Crippen LogP contribution in [0.15, 0.2) is 65.6 Å². The Labute approximate surface area is 223 Å². The molecule has 0 aliphatic rings. The lowest BCUT2D eigenvalue weighted by molar-refractivity contribution is -0.119. The van der Waals surface area contributed by atoms with Crippen molar-refractivity contribution < 1.29 is 17.6 Å². The van der Waals surface area contributed by atoms with Crippen LogP contribution in [0.3, 0.4) is 0 Å². The van der Waals surface area contributed by atoms with Crippen LogP contribution in [0, 0.1) is 12.7 Å². The second kappa shape index (κ2) is 12.3. The summed E-state index contributed by atoms with van der Waals surface area (Å²) in [5.41, 5.74) is 1.39. The molecule has 0 radical (unpaired) electrons. The monoisotopic (exact) mass is 574 g/mol. The maximum atomic E-state index is 13.9. The molecular weight excluding hydrogens is 554 g/mol.